The predicted octanol–water partition coefficient (Wildman–Crippen LogP) is 4.50. The summed E-state index contributed by atoms with van der Waals surface area (Å²) in [6, 6.07) is 15.9. The molecule has 1 amide bonds. The second-order valence-corrected chi connectivity index (χ2v) is 7.58. The van der Waals surface area contributed by atoms with E-state index in [4.69, 9.17) is 11.6 Å². The number of aromatic amines is 1. The van der Waals surface area contributed by atoms with Crippen molar-refractivity contribution in [3.05, 3.63) is 59.1 Å². The highest BCUT2D eigenvalue weighted by Crippen LogP contribution is 2.27. The molecule has 1 heterocycles. The van der Waals surface area contributed by atoms with Crippen LogP contribution in [0.5, 0.6) is 0 Å². The summed E-state index contributed by atoms with van der Waals surface area (Å²) in [6.45, 7) is 0.524. The Hall–Kier alpha value is -2.53. The third-order valence-electron chi connectivity index (χ3n) is 5.18. The summed E-state index contributed by atoms with van der Waals surface area (Å²) < 4.78 is 0. The van der Waals surface area contributed by atoms with Gasteiger partial charge in [0.1, 0.15) is 0 Å². The van der Waals surface area contributed by atoms with Gasteiger partial charge in [0.2, 0.25) is 11.9 Å². The number of H-pyrrole nitrogens is 1. The van der Waals surface area contributed by atoms with Crippen molar-refractivity contribution >= 4 is 34.5 Å². The van der Waals surface area contributed by atoms with Crippen LogP contribution in [0.2, 0.25) is 5.02 Å². The van der Waals surface area contributed by atoms with Crippen molar-refractivity contribution in [3.63, 3.8) is 0 Å². The molecule has 0 bridgehead atoms. The van der Waals surface area contributed by atoms with Crippen LogP contribution < -0.4 is 10.6 Å². The van der Waals surface area contributed by atoms with Gasteiger partial charge in [0, 0.05) is 23.5 Å². The molecule has 0 saturated heterocycles. The number of rotatable bonds is 5. The first kappa shape index (κ1) is 17.9. The first-order valence-electron chi connectivity index (χ1n) is 9.41. The largest absolute Gasteiger partial charge is 0.353 e. The van der Waals surface area contributed by atoms with Crippen molar-refractivity contribution in [3.8, 4) is 0 Å². The number of halogens is 1. The Morgan fingerprint density at radius 2 is 1.93 bits per heavy atom. The molecule has 0 aliphatic heterocycles. The number of nitrogens with one attached hydrogen (secondary N) is 3. The fraction of sp³-hybridized carbons (Fsp3) is 0.333. The number of carbonyl (C=O) groups is 1. The number of benzene rings is 2. The number of para-hydroxylation sites is 2. The predicted molar refractivity (Wildman–Crippen MR) is 109 cm³/mol. The van der Waals surface area contributed by atoms with Crippen LogP contribution in [-0.4, -0.2) is 21.9 Å². The molecule has 0 radical (unpaired) electrons. The van der Waals surface area contributed by atoms with Crippen LogP contribution >= 0.6 is 11.6 Å². The van der Waals surface area contributed by atoms with Gasteiger partial charge in [-0.3, -0.25) is 4.79 Å². The molecular formula is C21H23ClN4O. The van der Waals surface area contributed by atoms with E-state index in [0.717, 1.165) is 48.2 Å². The van der Waals surface area contributed by atoms with E-state index in [1.165, 1.54) is 0 Å². The lowest BCUT2D eigenvalue weighted by Crippen LogP contribution is -2.35. The maximum Gasteiger partial charge on any atom is 0.223 e. The molecule has 27 heavy (non-hydrogen) atoms. The number of carbonyl (C=O) groups excluding carboxylic acids is 1. The maximum absolute atomic E-state index is 12.5. The molecule has 3 N–H and O–H groups in total. The first-order chi connectivity index (χ1) is 13.2. The van der Waals surface area contributed by atoms with Crippen LogP contribution in [0.4, 0.5) is 5.95 Å². The number of imidazole rings is 1. The molecule has 5 nitrogen and oxygen atoms in total. The number of amides is 1. The molecule has 6 heteroatoms. The van der Waals surface area contributed by atoms with E-state index in [1.54, 1.807) is 0 Å². The smallest absolute Gasteiger partial charge is 0.223 e. The average molecular weight is 383 g/mol. The highest BCUT2D eigenvalue weighted by Gasteiger charge is 2.26. The monoisotopic (exact) mass is 382 g/mol. The number of hydrogen-bond acceptors (Lipinski definition) is 3. The number of aromatic nitrogens is 2. The van der Waals surface area contributed by atoms with Crippen molar-refractivity contribution < 1.29 is 4.79 Å². The van der Waals surface area contributed by atoms with Gasteiger partial charge in [0.15, 0.2) is 0 Å². The third-order valence-corrected chi connectivity index (χ3v) is 5.42. The number of nitrogens with zero attached hydrogens (tertiary/aromatic N) is 1. The Kier molecular flexibility index (Phi) is 5.30. The lowest BCUT2D eigenvalue weighted by atomic mass is 9.85. The highest BCUT2D eigenvalue weighted by molar-refractivity contribution is 6.30. The van der Waals surface area contributed by atoms with Crippen LogP contribution in [0.25, 0.3) is 11.0 Å². The minimum absolute atomic E-state index is 0.0814. The normalized spacial score (nSPS) is 19.7. The molecular weight excluding hydrogens is 360 g/mol. The zero-order chi connectivity index (χ0) is 18.6. The highest BCUT2D eigenvalue weighted by atomic mass is 35.5. The fourth-order valence-electron chi connectivity index (χ4n) is 3.69. The average Bonchev–Trinajstić information content (AvgIpc) is 3.09. The molecule has 1 fully saturated rings. The van der Waals surface area contributed by atoms with E-state index >= 15 is 0 Å². The number of fused-ring (bicyclic) bond motifs is 1. The van der Waals surface area contributed by atoms with Crippen LogP contribution in [0, 0.1) is 5.92 Å². The van der Waals surface area contributed by atoms with Crippen molar-refractivity contribution in [1.82, 2.24) is 15.3 Å². The molecule has 1 aromatic heterocycles. The Morgan fingerprint density at radius 1 is 1.11 bits per heavy atom. The second-order valence-electron chi connectivity index (χ2n) is 7.14. The number of hydrogen-bond donors (Lipinski definition) is 3. The molecule has 1 aliphatic rings. The SMILES string of the molecule is O=C(NCc1cccc(Cl)c1)C1CCC(Nc2nc3ccccc3[nH]2)CC1. The van der Waals surface area contributed by atoms with E-state index in [1.807, 2.05) is 48.5 Å². The summed E-state index contributed by atoms with van der Waals surface area (Å²) in [6.07, 6.45) is 3.71. The van der Waals surface area contributed by atoms with Crippen molar-refractivity contribution in [1.29, 1.82) is 0 Å². The topological polar surface area (TPSA) is 69.8 Å². The van der Waals surface area contributed by atoms with Gasteiger partial charge in [-0.15, -0.1) is 0 Å². The van der Waals surface area contributed by atoms with E-state index < -0.39 is 0 Å². The van der Waals surface area contributed by atoms with Gasteiger partial charge in [-0.1, -0.05) is 35.9 Å². The second kappa shape index (κ2) is 8.01. The van der Waals surface area contributed by atoms with Crippen molar-refractivity contribution in [2.75, 3.05) is 5.32 Å². The summed E-state index contributed by atoms with van der Waals surface area (Å²) in [5.41, 5.74) is 3.03. The molecule has 140 valence electrons. The molecule has 1 aliphatic carbocycles. The van der Waals surface area contributed by atoms with E-state index in [9.17, 15) is 4.79 Å². The summed E-state index contributed by atoms with van der Waals surface area (Å²) >= 11 is 5.99. The van der Waals surface area contributed by atoms with Crippen molar-refractivity contribution in [2.24, 2.45) is 5.92 Å². The molecule has 1 saturated carbocycles. The lowest BCUT2D eigenvalue weighted by Gasteiger charge is -2.28. The van der Waals surface area contributed by atoms with Crippen LogP contribution in [0.3, 0.4) is 0 Å². The molecule has 3 aromatic rings. The fourth-order valence-corrected chi connectivity index (χ4v) is 3.91. The molecule has 2 aromatic carbocycles. The van der Waals surface area contributed by atoms with Gasteiger partial charge in [0.25, 0.3) is 0 Å². The summed E-state index contributed by atoms with van der Waals surface area (Å²) in [5, 5.41) is 7.22. The quantitative estimate of drug-likeness (QED) is 0.608. The van der Waals surface area contributed by atoms with Crippen LogP contribution in [-0.2, 0) is 11.3 Å². The van der Waals surface area contributed by atoms with Gasteiger partial charge < -0.3 is 15.6 Å². The third kappa shape index (κ3) is 4.42. The van der Waals surface area contributed by atoms with Crippen LogP contribution in [0.1, 0.15) is 31.2 Å². The molecule has 0 spiro atoms. The molecule has 0 atom stereocenters. The van der Waals surface area contributed by atoms with Gasteiger partial charge in [-0.05, 0) is 55.5 Å². The van der Waals surface area contributed by atoms with E-state index in [2.05, 4.69) is 20.6 Å². The minimum atomic E-state index is 0.0814. The van der Waals surface area contributed by atoms with Gasteiger partial charge >= 0.3 is 0 Å². The van der Waals surface area contributed by atoms with Gasteiger partial charge in [-0.25, -0.2) is 4.98 Å². The Morgan fingerprint density at radius 3 is 2.70 bits per heavy atom. The standard InChI is InChI=1S/C21H23ClN4O/c22-16-5-3-4-14(12-16)13-23-20(27)15-8-10-17(11-9-15)24-21-25-18-6-1-2-7-19(18)26-21/h1-7,12,15,17H,8-11,13H2,(H,23,27)(H2,24,25,26). The van der Waals surface area contributed by atoms with Crippen LogP contribution in [0.15, 0.2) is 48.5 Å². The Labute approximate surface area is 163 Å². The summed E-state index contributed by atoms with van der Waals surface area (Å²) in [7, 11) is 0. The Balaban J connectivity index is 1.26. The number of anilines is 1. The zero-order valence-electron chi connectivity index (χ0n) is 15.0. The Bertz CT molecular complexity index is 898. The van der Waals surface area contributed by atoms with Gasteiger partial charge in [-0.2, -0.15) is 0 Å². The molecule has 4 rings (SSSR count). The van der Waals surface area contributed by atoms with Crippen molar-refractivity contribution in [2.45, 2.75) is 38.3 Å². The summed E-state index contributed by atoms with van der Waals surface area (Å²) in [4.78, 5) is 20.3. The summed E-state index contributed by atoms with van der Waals surface area (Å²) in [5.74, 6) is 1.03. The minimum Gasteiger partial charge on any atom is -0.353 e. The van der Waals surface area contributed by atoms with E-state index in [0.29, 0.717) is 17.6 Å². The van der Waals surface area contributed by atoms with Gasteiger partial charge in [0.05, 0.1) is 11.0 Å². The molecule has 0 unspecified atom stereocenters. The lowest BCUT2D eigenvalue weighted by molar-refractivity contribution is -0.126. The maximum atomic E-state index is 12.5. The zero-order valence-corrected chi connectivity index (χ0v) is 15.8. The van der Waals surface area contributed by atoms with E-state index in [-0.39, 0.29) is 11.8 Å². The first-order valence-corrected chi connectivity index (χ1v) is 9.78.